The Bertz CT molecular complexity index is 263. The third kappa shape index (κ3) is 4.64. The predicted octanol–water partition coefficient (Wildman–Crippen LogP) is 2.03. The quantitative estimate of drug-likeness (QED) is 0.685. The fourth-order valence-electron chi connectivity index (χ4n) is 1.56. The van der Waals surface area contributed by atoms with Crippen LogP contribution in [0.5, 0.6) is 0 Å². The van der Waals surface area contributed by atoms with Gasteiger partial charge in [0.2, 0.25) is 0 Å². The zero-order valence-corrected chi connectivity index (χ0v) is 11.3. The Morgan fingerprint density at radius 1 is 1.47 bits per heavy atom. The van der Waals surface area contributed by atoms with Gasteiger partial charge in [-0.05, 0) is 39.0 Å². The van der Waals surface area contributed by atoms with Crippen molar-refractivity contribution in [3.63, 3.8) is 0 Å². The molecule has 1 aliphatic carbocycles. The van der Waals surface area contributed by atoms with Gasteiger partial charge in [-0.15, -0.1) is 0 Å². The molecule has 4 nitrogen and oxygen atoms in total. The molecule has 0 aromatic rings. The second-order valence-corrected chi connectivity index (χ2v) is 5.63. The fraction of sp³-hybridized carbons (Fsp3) is 0.923. The van der Waals surface area contributed by atoms with Crippen LogP contribution in [0, 0.1) is 5.92 Å². The van der Waals surface area contributed by atoms with Crippen LogP contribution in [0.3, 0.4) is 0 Å². The molecule has 100 valence electrons. The van der Waals surface area contributed by atoms with Gasteiger partial charge in [0.15, 0.2) is 0 Å². The van der Waals surface area contributed by atoms with Gasteiger partial charge in [0, 0.05) is 12.6 Å². The normalized spacial score (nSPS) is 21.2. The standard InChI is InChI=1S/C13H25NO3/c1-9(2)10(3)17-8-7-13(4,12(15)16)14-11-5-6-11/h9-11,14H,5-8H2,1-4H3,(H,15,16). The molecule has 1 rings (SSSR count). The van der Waals surface area contributed by atoms with Crippen molar-refractivity contribution in [2.75, 3.05) is 6.61 Å². The molecule has 0 bridgehead atoms. The number of carboxylic acids is 1. The number of carbonyl (C=O) groups is 1. The molecule has 0 amide bonds. The summed E-state index contributed by atoms with van der Waals surface area (Å²) in [5.74, 6) is -0.326. The molecule has 2 unspecified atom stereocenters. The lowest BCUT2D eigenvalue weighted by Gasteiger charge is -2.27. The van der Waals surface area contributed by atoms with Crippen LogP contribution in [-0.2, 0) is 9.53 Å². The van der Waals surface area contributed by atoms with E-state index < -0.39 is 11.5 Å². The van der Waals surface area contributed by atoms with Crippen LogP contribution >= 0.6 is 0 Å². The van der Waals surface area contributed by atoms with E-state index in [1.54, 1.807) is 6.92 Å². The summed E-state index contributed by atoms with van der Waals surface area (Å²) in [5.41, 5.74) is -0.849. The average molecular weight is 243 g/mol. The maximum atomic E-state index is 11.3. The van der Waals surface area contributed by atoms with Crippen molar-refractivity contribution < 1.29 is 14.6 Å². The van der Waals surface area contributed by atoms with Crippen LogP contribution in [0.25, 0.3) is 0 Å². The van der Waals surface area contributed by atoms with Crippen molar-refractivity contribution >= 4 is 5.97 Å². The lowest BCUT2D eigenvalue weighted by molar-refractivity contribution is -0.145. The van der Waals surface area contributed by atoms with Gasteiger partial charge in [-0.3, -0.25) is 10.1 Å². The summed E-state index contributed by atoms with van der Waals surface area (Å²) in [6, 6.07) is 0.388. The zero-order chi connectivity index (χ0) is 13.1. The molecule has 0 heterocycles. The molecule has 0 aromatic heterocycles. The fourth-order valence-corrected chi connectivity index (χ4v) is 1.56. The summed E-state index contributed by atoms with van der Waals surface area (Å²) < 4.78 is 5.65. The number of rotatable bonds is 8. The second-order valence-electron chi connectivity index (χ2n) is 5.63. The molecule has 17 heavy (non-hydrogen) atoms. The Morgan fingerprint density at radius 3 is 2.47 bits per heavy atom. The van der Waals surface area contributed by atoms with Crippen LogP contribution in [0.1, 0.15) is 47.0 Å². The zero-order valence-electron chi connectivity index (χ0n) is 11.3. The van der Waals surface area contributed by atoms with E-state index in [-0.39, 0.29) is 6.10 Å². The molecular weight excluding hydrogens is 218 g/mol. The minimum absolute atomic E-state index is 0.175. The summed E-state index contributed by atoms with van der Waals surface area (Å²) in [6.45, 7) is 8.46. The van der Waals surface area contributed by atoms with E-state index in [1.165, 1.54) is 0 Å². The second kappa shape index (κ2) is 5.83. The summed E-state index contributed by atoms with van der Waals surface area (Å²) in [4.78, 5) is 11.3. The van der Waals surface area contributed by atoms with Gasteiger partial charge >= 0.3 is 5.97 Å². The van der Waals surface area contributed by atoms with E-state index in [0.29, 0.717) is 25.0 Å². The van der Waals surface area contributed by atoms with Crippen molar-refractivity contribution in [3.8, 4) is 0 Å². The average Bonchev–Trinajstić information content (AvgIpc) is 3.00. The minimum Gasteiger partial charge on any atom is -0.480 e. The Morgan fingerprint density at radius 2 is 2.06 bits per heavy atom. The number of hydrogen-bond donors (Lipinski definition) is 2. The first-order valence-electron chi connectivity index (χ1n) is 6.48. The van der Waals surface area contributed by atoms with Crippen LogP contribution in [0.4, 0.5) is 0 Å². The lowest BCUT2D eigenvalue weighted by Crippen LogP contribution is -2.51. The molecule has 4 heteroatoms. The maximum absolute atomic E-state index is 11.3. The van der Waals surface area contributed by atoms with E-state index in [9.17, 15) is 9.90 Å². The smallest absolute Gasteiger partial charge is 0.323 e. The van der Waals surface area contributed by atoms with Crippen molar-refractivity contribution in [1.82, 2.24) is 5.32 Å². The van der Waals surface area contributed by atoms with Crippen molar-refractivity contribution in [2.45, 2.75) is 64.6 Å². The Hall–Kier alpha value is -0.610. The molecular formula is C13H25NO3. The Kier molecular flexibility index (Phi) is 4.95. The highest BCUT2D eigenvalue weighted by Gasteiger charge is 2.38. The van der Waals surface area contributed by atoms with Gasteiger partial charge in [-0.25, -0.2) is 0 Å². The SMILES string of the molecule is CC(C)C(C)OCCC(C)(NC1CC1)C(=O)O. The van der Waals surface area contributed by atoms with Gasteiger partial charge in [0.1, 0.15) is 5.54 Å². The molecule has 0 spiro atoms. The van der Waals surface area contributed by atoms with Crippen molar-refractivity contribution in [2.24, 2.45) is 5.92 Å². The van der Waals surface area contributed by atoms with Crippen LogP contribution in [0.15, 0.2) is 0 Å². The topological polar surface area (TPSA) is 58.6 Å². The highest BCUT2D eigenvalue weighted by Crippen LogP contribution is 2.24. The molecule has 0 radical (unpaired) electrons. The number of ether oxygens (including phenoxy) is 1. The Labute approximate surface area is 104 Å². The van der Waals surface area contributed by atoms with E-state index in [4.69, 9.17) is 4.74 Å². The van der Waals surface area contributed by atoms with E-state index in [1.807, 2.05) is 6.92 Å². The highest BCUT2D eigenvalue weighted by molar-refractivity contribution is 5.78. The Balaban J connectivity index is 2.36. The first-order chi connectivity index (χ1) is 7.85. The molecule has 1 fully saturated rings. The maximum Gasteiger partial charge on any atom is 0.323 e. The number of carboxylic acid groups (broad SMARTS) is 1. The van der Waals surface area contributed by atoms with Gasteiger partial charge in [0.25, 0.3) is 0 Å². The summed E-state index contributed by atoms with van der Waals surface area (Å²) in [7, 11) is 0. The number of aliphatic carboxylic acids is 1. The largest absolute Gasteiger partial charge is 0.480 e. The minimum atomic E-state index is -0.849. The van der Waals surface area contributed by atoms with Gasteiger partial charge in [0.05, 0.1) is 6.10 Å². The van der Waals surface area contributed by atoms with Crippen LogP contribution in [0.2, 0.25) is 0 Å². The predicted molar refractivity (Wildman–Crippen MR) is 67.1 cm³/mol. The summed E-state index contributed by atoms with van der Waals surface area (Å²) in [6.07, 6.45) is 2.86. The van der Waals surface area contributed by atoms with Crippen molar-refractivity contribution in [3.05, 3.63) is 0 Å². The van der Waals surface area contributed by atoms with E-state index >= 15 is 0 Å². The third-order valence-electron chi connectivity index (χ3n) is 3.49. The first-order valence-corrected chi connectivity index (χ1v) is 6.48. The van der Waals surface area contributed by atoms with Gasteiger partial charge in [-0.1, -0.05) is 13.8 Å². The number of hydrogen-bond acceptors (Lipinski definition) is 3. The molecule has 0 saturated heterocycles. The molecule has 0 aliphatic heterocycles. The van der Waals surface area contributed by atoms with Gasteiger partial charge in [-0.2, -0.15) is 0 Å². The molecule has 0 aromatic carbocycles. The lowest BCUT2D eigenvalue weighted by atomic mass is 9.98. The first kappa shape index (κ1) is 14.5. The number of nitrogens with one attached hydrogen (secondary N) is 1. The van der Waals surface area contributed by atoms with Crippen LogP contribution in [-0.4, -0.2) is 35.4 Å². The third-order valence-corrected chi connectivity index (χ3v) is 3.49. The summed E-state index contributed by atoms with van der Waals surface area (Å²) >= 11 is 0. The molecule has 2 N–H and O–H groups in total. The van der Waals surface area contributed by atoms with Gasteiger partial charge < -0.3 is 9.84 Å². The molecule has 2 atom stereocenters. The van der Waals surface area contributed by atoms with Crippen molar-refractivity contribution in [1.29, 1.82) is 0 Å². The van der Waals surface area contributed by atoms with Crippen LogP contribution < -0.4 is 5.32 Å². The monoisotopic (exact) mass is 243 g/mol. The summed E-state index contributed by atoms with van der Waals surface area (Å²) in [5, 5.41) is 12.5. The highest BCUT2D eigenvalue weighted by atomic mass is 16.5. The van der Waals surface area contributed by atoms with E-state index in [2.05, 4.69) is 19.2 Å². The molecule has 1 aliphatic rings. The van der Waals surface area contributed by atoms with E-state index in [0.717, 1.165) is 12.8 Å². The molecule has 1 saturated carbocycles.